The molecule has 0 aromatic heterocycles. The maximum atomic E-state index is 13.2. The standard InChI is InChI=1S/C20H22N2O3/c1-24-18-11-5-3-9-16(18)19-21-17-10-4-2-8-15(17)20(23)22(19)13-14-7-6-12-25-14/h2-5,8-11,14,19,21H,6-7,12-13H2,1H3. The van der Waals surface area contributed by atoms with Gasteiger partial charge in [-0.25, -0.2) is 0 Å². The van der Waals surface area contributed by atoms with Crippen LogP contribution in [-0.4, -0.2) is 37.2 Å². The molecule has 0 aliphatic carbocycles. The van der Waals surface area contributed by atoms with Crippen molar-refractivity contribution in [2.75, 3.05) is 25.6 Å². The third-order valence-electron chi connectivity index (χ3n) is 4.88. The molecule has 1 saturated heterocycles. The molecule has 130 valence electrons. The number of nitrogens with zero attached hydrogens (tertiary/aromatic N) is 1. The maximum Gasteiger partial charge on any atom is 0.257 e. The number of methoxy groups -OCH3 is 1. The van der Waals surface area contributed by atoms with Crippen molar-refractivity contribution in [3.05, 3.63) is 59.7 Å². The van der Waals surface area contributed by atoms with Crippen molar-refractivity contribution in [3.8, 4) is 5.75 Å². The van der Waals surface area contributed by atoms with Gasteiger partial charge in [0.25, 0.3) is 5.91 Å². The van der Waals surface area contributed by atoms with Gasteiger partial charge in [-0.05, 0) is 31.0 Å². The first-order valence-corrected chi connectivity index (χ1v) is 8.69. The minimum absolute atomic E-state index is 0.0285. The Kier molecular flexibility index (Phi) is 4.32. The number of anilines is 1. The van der Waals surface area contributed by atoms with Crippen LogP contribution < -0.4 is 10.1 Å². The van der Waals surface area contributed by atoms with E-state index in [0.717, 1.165) is 36.4 Å². The maximum absolute atomic E-state index is 13.2. The highest BCUT2D eigenvalue weighted by Crippen LogP contribution is 2.37. The molecule has 2 atom stereocenters. The Labute approximate surface area is 147 Å². The van der Waals surface area contributed by atoms with E-state index in [0.29, 0.717) is 12.1 Å². The number of fused-ring (bicyclic) bond motifs is 1. The van der Waals surface area contributed by atoms with Gasteiger partial charge in [0.05, 0.1) is 18.8 Å². The van der Waals surface area contributed by atoms with Crippen LogP contribution in [0.25, 0.3) is 0 Å². The van der Waals surface area contributed by atoms with Gasteiger partial charge in [0.1, 0.15) is 11.9 Å². The Morgan fingerprint density at radius 2 is 2.00 bits per heavy atom. The lowest BCUT2D eigenvalue weighted by atomic mass is 10.0. The zero-order valence-electron chi connectivity index (χ0n) is 14.3. The lowest BCUT2D eigenvalue weighted by molar-refractivity contribution is 0.0424. The predicted octanol–water partition coefficient (Wildman–Crippen LogP) is 3.44. The normalized spacial score (nSPS) is 22.4. The van der Waals surface area contributed by atoms with Gasteiger partial charge in [-0.2, -0.15) is 0 Å². The molecule has 5 heteroatoms. The zero-order chi connectivity index (χ0) is 17.2. The molecule has 1 fully saturated rings. The fourth-order valence-corrected chi connectivity index (χ4v) is 3.63. The van der Waals surface area contributed by atoms with Crippen LogP contribution in [0.15, 0.2) is 48.5 Å². The molecule has 0 radical (unpaired) electrons. The molecule has 0 bridgehead atoms. The summed E-state index contributed by atoms with van der Waals surface area (Å²) in [7, 11) is 1.65. The van der Waals surface area contributed by atoms with Gasteiger partial charge in [-0.1, -0.05) is 30.3 Å². The number of amides is 1. The number of benzene rings is 2. The molecule has 1 N–H and O–H groups in total. The zero-order valence-corrected chi connectivity index (χ0v) is 14.3. The number of ether oxygens (including phenoxy) is 2. The van der Waals surface area contributed by atoms with E-state index in [-0.39, 0.29) is 18.2 Å². The van der Waals surface area contributed by atoms with Crippen molar-refractivity contribution >= 4 is 11.6 Å². The summed E-state index contributed by atoms with van der Waals surface area (Å²) in [4.78, 5) is 15.0. The molecule has 4 rings (SSSR count). The number of carbonyl (C=O) groups is 1. The van der Waals surface area contributed by atoms with E-state index < -0.39 is 0 Å². The van der Waals surface area contributed by atoms with E-state index in [1.54, 1.807) is 7.11 Å². The van der Waals surface area contributed by atoms with Crippen LogP contribution in [0.1, 0.15) is 34.9 Å². The molecule has 2 aromatic carbocycles. The molecule has 2 unspecified atom stereocenters. The summed E-state index contributed by atoms with van der Waals surface area (Å²) in [5.41, 5.74) is 2.50. The number of hydrogen-bond acceptors (Lipinski definition) is 4. The number of carbonyl (C=O) groups excluding carboxylic acids is 1. The van der Waals surface area contributed by atoms with Crippen LogP contribution in [-0.2, 0) is 4.74 Å². The molecule has 25 heavy (non-hydrogen) atoms. The molecule has 2 aromatic rings. The monoisotopic (exact) mass is 338 g/mol. The van der Waals surface area contributed by atoms with Crippen molar-refractivity contribution in [1.82, 2.24) is 4.90 Å². The van der Waals surface area contributed by atoms with Crippen molar-refractivity contribution < 1.29 is 14.3 Å². The number of rotatable bonds is 4. The predicted molar refractivity (Wildman–Crippen MR) is 95.8 cm³/mol. The minimum atomic E-state index is -0.275. The van der Waals surface area contributed by atoms with Gasteiger partial charge in [-0.15, -0.1) is 0 Å². The van der Waals surface area contributed by atoms with Crippen LogP contribution in [0.5, 0.6) is 5.75 Å². The van der Waals surface area contributed by atoms with Crippen LogP contribution in [0.2, 0.25) is 0 Å². The molecule has 0 saturated carbocycles. The van der Waals surface area contributed by atoms with Gasteiger partial charge in [0.2, 0.25) is 0 Å². The quantitative estimate of drug-likeness (QED) is 0.928. The average molecular weight is 338 g/mol. The topological polar surface area (TPSA) is 50.8 Å². The summed E-state index contributed by atoms with van der Waals surface area (Å²) in [6.45, 7) is 1.35. The Hall–Kier alpha value is -2.53. The van der Waals surface area contributed by atoms with Gasteiger partial charge in [0, 0.05) is 24.4 Å². The van der Waals surface area contributed by atoms with E-state index in [1.807, 2.05) is 53.4 Å². The molecular formula is C20H22N2O3. The van der Waals surface area contributed by atoms with E-state index in [1.165, 1.54) is 0 Å². The molecule has 2 aliphatic heterocycles. The molecule has 5 nitrogen and oxygen atoms in total. The second-order valence-corrected chi connectivity index (χ2v) is 6.43. The highest BCUT2D eigenvalue weighted by atomic mass is 16.5. The van der Waals surface area contributed by atoms with E-state index in [9.17, 15) is 4.79 Å². The van der Waals surface area contributed by atoms with Crippen molar-refractivity contribution in [1.29, 1.82) is 0 Å². The van der Waals surface area contributed by atoms with Crippen molar-refractivity contribution in [3.63, 3.8) is 0 Å². The molecular weight excluding hydrogens is 316 g/mol. The average Bonchev–Trinajstić information content (AvgIpc) is 3.17. The summed E-state index contributed by atoms with van der Waals surface area (Å²) in [6, 6.07) is 15.5. The summed E-state index contributed by atoms with van der Waals surface area (Å²) in [5.74, 6) is 0.797. The van der Waals surface area contributed by atoms with Crippen LogP contribution in [0.3, 0.4) is 0 Å². The minimum Gasteiger partial charge on any atom is -0.496 e. The molecule has 2 heterocycles. The Bertz CT molecular complexity index is 771. The lowest BCUT2D eigenvalue weighted by Crippen LogP contribution is -2.46. The Morgan fingerprint density at radius 1 is 1.20 bits per heavy atom. The second-order valence-electron chi connectivity index (χ2n) is 6.43. The fraction of sp³-hybridized carbons (Fsp3) is 0.350. The van der Waals surface area contributed by atoms with E-state index >= 15 is 0 Å². The Morgan fingerprint density at radius 3 is 2.80 bits per heavy atom. The van der Waals surface area contributed by atoms with Crippen LogP contribution >= 0.6 is 0 Å². The summed E-state index contributed by atoms with van der Waals surface area (Å²) in [5, 5.41) is 3.51. The fourth-order valence-electron chi connectivity index (χ4n) is 3.63. The first-order chi connectivity index (χ1) is 12.3. The second kappa shape index (κ2) is 6.76. The number of hydrogen-bond donors (Lipinski definition) is 1. The van der Waals surface area contributed by atoms with Crippen molar-refractivity contribution in [2.45, 2.75) is 25.1 Å². The summed E-state index contributed by atoms with van der Waals surface area (Å²) >= 11 is 0. The van der Waals surface area contributed by atoms with Gasteiger partial charge in [0.15, 0.2) is 0 Å². The first kappa shape index (κ1) is 16.0. The highest BCUT2D eigenvalue weighted by Gasteiger charge is 2.36. The van der Waals surface area contributed by atoms with E-state index in [2.05, 4.69) is 5.32 Å². The first-order valence-electron chi connectivity index (χ1n) is 8.69. The highest BCUT2D eigenvalue weighted by molar-refractivity contribution is 6.01. The van der Waals surface area contributed by atoms with Crippen LogP contribution in [0, 0.1) is 0 Å². The van der Waals surface area contributed by atoms with Gasteiger partial charge < -0.3 is 19.7 Å². The van der Waals surface area contributed by atoms with Gasteiger partial charge in [-0.3, -0.25) is 4.79 Å². The lowest BCUT2D eigenvalue weighted by Gasteiger charge is -2.39. The molecule has 1 amide bonds. The largest absolute Gasteiger partial charge is 0.496 e. The van der Waals surface area contributed by atoms with Gasteiger partial charge >= 0.3 is 0 Å². The summed E-state index contributed by atoms with van der Waals surface area (Å²) < 4.78 is 11.3. The third-order valence-corrected chi connectivity index (χ3v) is 4.88. The van der Waals surface area contributed by atoms with Crippen LogP contribution in [0.4, 0.5) is 5.69 Å². The smallest absolute Gasteiger partial charge is 0.257 e. The third kappa shape index (κ3) is 2.96. The number of nitrogens with one attached hydrogen (secondary N) is 1. The molecule has 2 aliphatic rings. The SMILES string of the molecule is COc1ccccc1C1Nc2ccccc2C(=O)N1CC1CCCO1. The molecule has 0 spiro atoms. The Balaban J connectivity index is 1.74. The van der Waals surface area contributed by atoms with E-state index in [4.69, 9.17) is 9.47 Å². The number of para-hydroxylation sites is 2. The summed E-state index contributed by atoms with van der Waals surface area (Å²) in [6.07, 6.45) is 1.86. The van der Waals surface area contributed by atoms with Crippen molar-refractivity contribution in [2.24, 2.45) is 0 Å².